The van der Waals surface area contributed by atoms with Crippen molar-refractivity contribution in [2.45, 2.75) is 25.5 Å². The zero-order valence-corrected chi connectivity index (χ0v) is 15.9. The van der Waals surface area contributed by atoms with E-state index in [0.29, 0.717) is 0 Å². The summed E-state index contributed by atoms with van der Waals surface area (Å²) in [4.78, 5) is 2.39. The molecule has 0 bridgehead atoms. The standard InChI is InChI=1S/C23H25NO3/c1-23(27-20-10-8-19(25-2)9-11-20)14-15-24(17-23)16-21-12-13-22(26-21)18-6-4-3-5-7-18/h3-13H,14-17H2,1-2H3. The Kier molecular flexibility index (Phi) is 4.90. The summed E-state index contributed by atoms with van der Waals surface area (Å²) in [6.07, 6.45) is 0.991. The molecule has 1 atom stereocenters. The topological polar surface area (TPSA) is 34.8 Å². The highest BCUT2D eigenvalue weighted by Crippen LogP contribution is 2.30. The lowest BCUT2D eigenvalue weighted by Crippen LogP contribution is -2.35. The summed E-state index contributed by atoms with van der Waals surface area (Å²) >= 11 is 0. The fourth-order valence-corrected chi connectivity index (χ4v) is 3.61. The fourth-order valence-electron chi connectivity index (χ4n) is 3.61. The number of benzene rings is 2. The van der Waals surface area contributed by atoms with E-state index in [0.717, 1.165) is 54.6 Å². The molecule has 0 saturated carbocycles. The monoisotopic (exact) mass is 363 g/mol. The Labute approximate surface area is 160 Å². The van der Waals surface area contributed by atoms with E-state index in [2.05, 4.69) is 30.0 Å². The number of hydrogen-bond acceptors (Lipinski definition) is 4. The molecule has 0 N–H and O–H groups in total. The Hall–Kier alpha value is -2.72. The van der Waals surface area contributed by atoms with Gasteiger partial charge < -0.3 is 13.9 Å². The van der Waals surface area contributed by atoms with Crippen molar-refractivity contribution in [2.75, 3.05) is 20.2 Å². The van der Waals surface area contributed by atoms with Crippen molar-refractivity contribution in [3.8, 4) is 22.8 Å². The van der Waals surface area contributed by atoms with Crippen molar-refractivity contribution in [1.29, 1.82) is 0 Å². The third-order valence-corrected chi connectivity index (χ3v) is 5.04. The van der Waals surface area contributed by atoms with E-state index < -0.39 is 0 Å². The molecule has 0 aliphatic carbocycles. The maximum atomic E-state index is 6.28. The van der Waals surface area contributed by atoms with Crippen LogP contribution in [0.15, 0.2) is 71.1 Å². The Morgan fingerprint density at radius 2 is 1.70 bits per heavy atom. The molecule has 27 heavy (non-hydrogen) atoms. The molecule has 0 spiro atoms. The van der Waals surface area contributed by atoms with Crippen LogP contribution in [0.3, 0.4) is 0 Å². The summed E-state index contributed by atoms with van der Waals surface area (Å²) in [7, 11) is 1.67. The van der Waals surface area contributed by atoms with Crippen molar-refractivity contribution in [2.24, 2.45) is 0 Å². The fraction of sp³-hybridized carbons (Fsp3) is 0.304. The maximum absolute atomic E-state index is 6.28. The number of rotatable bonds is 6. The first-order valence-electron chi connectivity index (χ1n) is 9.33. The van der Waals surface area contributed by atoms with Gasteiger partial charge in [0.25, 0.3) is 0 Å². The Morgan fingerprint density at radius 1 is 0.963 bits per heavy atom. The molecule has 3 aromatic rings. The van der Waals surface area contributed by atoms with Gasteiger partial charge in [-0.3, -0.25) is 4.90 Å². The minimum Gasteiger partial charge on any atom is -0.497 e. The Balaban J connectivity index is 1.37. The summed E-state index contributed by atoms with van der Waals surface area (Å²) < 4.78 is 17.5. The van der Waals surface area contributed by atoms with Crippen LogP contribution in [0.5, 0.6) is 11.5 Å². The van der Waals surface area contributed by atoms with Gasteiger partial charge in [0, 0.05) is 25.1 Å². The molecule has 4 rings (SSSR count). The van der Waals surface area contributed by atoms with Gasteiger partial charge in [-0.15, -0.1) is 0 Å². The molecule has 0 radical (unpaired) electrons. The number of likely N-dealkylation sites (tertiary alicyclic amines) is 1. The molecule has 4 nitrogen and oxygen atoms in total. The normalized spacial score (nSPS) is 19.9. The predicted molar refractivity (Wildman–Crippen MR) is 106 cm³/mol. The van der Waals surface area contributed by atoms with Crippen LogP contribution in [0, 0.1) is 0 Å². The van der Waals surface area contributed by atoms with E-state index in [4.69, 9.17) is 13.9 Å². The van der Waals surface area contributed by atoms with Crippen molar-refractivity contribution in [1.82, 2.24) is 4.90 Å². The van der Waals surface area contributed by atoms with Crippen molar-refractivity contribution < 1.29 is 13.9 Å². The zero-order valence-electron chi connectivity index (χ0n) is 15.9. The van der Waals surface area contributed by atoms with E-state index in [1.165, 1.54) is 0 Å². The van der Waals surface area contributed by atoms with Crippen LogP contribution in [0.25, 0.3) is 11.3 Å². The molecule has 2 heterocycles. The number of nitrogens with zero attached hydrogens (tertiary/aromatic N) is 1. The molecule has 4 heteroatoms. The molecule has 1 aliphatic rings. The maximum Gasteiger partial charge on any atom is 0.134 e. The summed E-state index contributed by atoms with van der Waals surface area (Å²) in [5.74, 6) is 3.63. The molecule has 2 aromatic carbocycles. The second kappa shape index (κ2) is 7.49. The van der Waals surface area contributed by atoms with E-state index in [1.807, 2.05) is 48.5 Å². The van der Waals surface area contributed by atoms with Gasteiger partial charge in [0.15, 0.2) is 0 Å². The number of ether oxygens (including phenoxy) is 2. The van der Waals surface area contributed by atoms with Gasteiger partial charge in [-0.2, -0.15) is 0 Å². The Morgan fingerprint density at radius 3 is 2.44 bits per heavy atom. The summed E-state index contributed by atoms with van der Waals surface area (Å²) in [5.41, 5.74) is 0.918. The highest BCUT2D eigenvalue weighted by molar-refractivity contribution is 5.57. The number of methoxy groups -OCH3 is 1. The van der Waals surface area contributed by atoms with E-state index in [-0.39, 0.29) is 5.60 Å². The lowest BCUT2D eigenvalue weighted by Gasteiger charge is -2.26. The third-order valence-electron chi connectivity index (χ3n) is 5.04. The second-order valence-electron chi connectivity index (χ2n) is 7.32. The van der Waals surface area contributed by atoms with E-state index in [1.54, 1.807) is 7.11 Å². The van der Waals surface area contributed by atoms with Gasteiger partial charge in [0.05, 0.1) is 13.7 Å². The highest BCUT2D eigenvalue weighted by atomic mass is 16.5. The summed E-state index contributed by atoms with van der Waals surface area (Å²) in [6, 6.07) is 22.1. The quantitative estimate of drug-likeness (QED) is 0.617. The largest absolute Gasteiger partial charge is 0.497 e. The van der Waals surface area contributed by atoms with Crippen LogP contribution >= 0.6 is 0 Å². The van der Waals surface area contributed by atoms with Crippen LogP contribution in [-0.4, -0.2) is 30.7 Å². The molecule has 0 amide bonds. The first-order chi connectivity index (χ1) is 13.1. The van der Waals surface area contributed by atoms with Gasteiger partial charge in [0.1, 0.15) is 28.6 Å². The molecule has 1 saturated heterocycles. The van der Waals surface area contributed by atoms with Gasteiger partial charge in [-0.25, -0.2) is 0 Å². The minimum absolute atomic E-state index is 0.191. The summed E-state index contributed by atoms with van der Waals surface area (Å²) in [6.45, 7) is 4.84. The highest BCUT2D eigenvalue weighted by Gasteiger charge is 2.36. The SMILES string of the molecule is COc1ccc(OC2(C)CCN(Cc3ccc(-c4ccccc4)o3)C2)cc1. The Bertz CT molecular complexity index is 872. The number of hydrogen-bond donors (Lipinski definition) is 0. The van der Waals surface area contributed by atoms with Gasteiger partial charge in [-0.05, 0) is 43.3 Å². The zero-order chi connectivity index (χ0) is 18.7. The average Bonchev–Trinajstić information content (AvgIpc) is 3.30. The molecule has 1 unspecified atom stereocenters. The van der Waals surface area contributed by atoms with Crippen molar-refractivity contribution in [3.63, 3.8) is 0 Å². The predicted octanol–water partition coefficient (Wildman–Crippen LogP) is 5.00. The molecule has 1 fully saturated rings. The van der Waals surface area contributed by atoms with Crippen LogP contribution in [-0.2, 0) is 6.54 Å². The molecule has 1 aromatic heterocycles. The van der Waals surface area contributed by atoms with Crippen molar-refractivity contribution in [3.05, 3.63) is 72.5 Å². The summed E-state index contributed by atoms with van der Waals surface area (Å²) in [5, 5.41) is 0. The molecule has 1 aliphatic heterocycles. The van der Waals surface area contributed by atoms with Crippen LogP contribution in [0.2, 0.25) is 0 Å². The lowest BCUT2D eigenvalue weighted by molar-refractivity contribution is 0.0939. The van der Waals surface area contributed by atoms with E-state index in [9.17, 15) is 0 Å². The van der Waals surface area contributed by atoms with Gasteiger partial charge in [0.2, 0.25) is 0 Å². The van der Waals surface area contributed by atoms with Gasteiger partial charge in [-0.1, -0.05) is 30.3 Å². The molecule has 140 valence electrons. The smallest absolute Gasteiger partial charge is 0.134 e. The van der Waals surface area contributed by atoms with E-state index >= 15 is 0 Å². The lowest BCUT2D eigenvalue weighted by atomic mass is 10.1. The first-order valence-corrected chi connectivity index (χ1v) is 9.33. The second-order valence-corrected chi connectivity index (χ2v) is 7.32. The molecular weight excluding hydrogens is 338 g/mol. The van der Waals surface area contributed by atoms with Crippen LogP contribution in [0.4, 0.5) is 0 Å². The third kappa shape index (κ3) is 4.17. The number of furan rings is 1. The van der Waals surface area contributed by atoms with Crippen molar-refractivity contribution >= 4 is 0 Å². The average molecular weight is 363 g/mol. The molecular formula is C23H25NO3. The van der Waals surface area contributed by atoms with Crippen LogP contribution < -0.4 is 9.47 Å². The first kappa shape index (κ1) is 17.7. The van der Waals surface area contributed by atoms with Gasteiger partial charge >= 0.3 is 0 Å². The minimum atomic E-state index is -0.191. The van der Waals surface area contributed by atoms with Crippen LogP contribution in [0.1, 0.15) is 19.1 Å².